The van der Waals surface area contributed by atoms with Gasteiger partial charge in [0.05, 0.1) is 15.7 Å². The third-order valence-corrected chi connectivity index (χ3v) is 4.37. The molecule has 0 bridgehead atoms. The van der Waals surface area contributed by atoms with E-state index in [2.05, 4.69) is 21.2 Å². The van der Waals surface area contributed by atoms with Crippen molar-refractivity contribution < 1.29 is 9.00 Å². The van der Waals surface area contributed by atoms with Crippen LogP contribution in [0.4, 0.5) is 5.69 Å². The molecule has 0 spiro atoms. The molecule has 0 heterocycles. The SMILES string of the molecule is CCNC(=O)C(C)S(=O)c1cc(Br)ccc1N. The number of benzene rings is 1. The van der Waals surface area contributed by atoms with Crippen molar-refractivity contribution in [3.05, 3.63) is 22.7 Å². The average Bonchev–Trinajstić information content (AvgIpc) is 2.30. The summed E-state index contributed by atoms with van der Waals surface area (Å²) in [6.45, 7) is 3.97. The molecule has 0 aromatic heterocycles. The fraction of sp³-hybridized carbons (Fsp3) is 0.364. The molecular weight excluding hydrogens is 304 g/mol. The Morgan fingerprint density at radius 2 is 2.24 bits per heavy atom. The predicted molar refractivity (Wildman–Crippen MR) is 73.1 cm³/mol. The molecule has 0 aliphatic heterocycles. The van der Waals surface area contributed by atoms with Crippen LogP contribution in [0.15, 0.2) is 27.6 Å². The first kappa shape index (κ1) is 14.2. The van der Waals surface area contributed by atoms with E-state index >= 15 is 0 Å². The largest absolute Gasteiger partial charge is 0.398 e. The quantitative estimate of drug-likeness (QED) is 0.829. The summed E-state index contributed by atoms with van der Waals surface area (Å²) in [5.41, 5.74) is 6.19. The Labute approximate surface area is 112 Å². The second-order valence-corrected chi connectivity index (χ2v) is 6.17. The monoisotopic (exact) mass is 318 g/mol. The lowest BCUT2D eigenvalue weighted by atomic mass is 10.3. The number of hydrogen-bond donors (Lipinski definition) is 2. The van der Waals surface area contributed by atoms with Crippen LogP contribution in [0.3, 0.4) is 0 Å². The van der Waals surface area contributed by atoms with E-state index < -0.39 is 16.0 Å². The number of amides is 1. The molecule has 1 aromatic carbocycles. The highest BCUT2D eigenvalue weighted by atomic mass is 79.9. The van der Waals surface area contributed by atoms with Crippen molar-refractivity contribution in [1.82, 2.24) is 5.32 Å². The van der Waals surface area contributed by atoms with Crippen molar-refractivity contribution in [3.63, 3.8) is 0 Å². The van der Waals surface area contributed by atoms with E-state index in [-0.39, 0.29) is 5.91 Å². The minimum Gasteiger partial charge on any atom is -0.398 e. The average molecular weight is 319 g/mol. The van der Waals surface area contributed by atoms with Crippen LogP contribution in [0.1, 0.15) is 13.8 Å². The molecule has 3 N–H and O–H groups in total. The molecule has 1 aromatic rings. The molecule has 2 unspecified atom stereocenters. The molecule has 0 radical (unpaired) electrons. The van der Waals surface area contributed by atoms with Crippen molar-refractivity contribution in [2.24, 2.45) is 0 Å². The number of hydrogen-bond acceptors (Lipinski definition) is 3. The lowest BCUT2D eigenvalue weighted by Crippen LogP contribution is -2.35. The van der Waals surface area contributed by atoms with E-state index in [9.17, 15) is 9.00 Å². The van der Waals surface area contributed by atoms with Crippen molar-refractivity contribution in [2.75, 3.05) is 12.3 Å². The number of carbonyl (C=O) groups is 1. The van der Waals surface area contributed by atoms with Crippen LogP contribution < -0.4 is 11.1 Å². The third kappa shape index (κ3) is 3.54. The van der Waals surface area contributed by atoms with Gasteiger partial charge in [0.15, 0.2) is 0 Å². The second kappa shape index (κ2) is 6.16. The molecule has 2 atom stereocenters. The molecular formula is C11H15BrN2O2S. The fourth-order valence-corrected chi connectivity index (χ4v) is 3.00. The Morgan fingerprint density at radius 3 is 2.82 bits per heavy atom. The van der Waals surface area contributed by atoms with Gasteiger partial charge in [0.1, 0.15) is 5.25 Å². The number of carbonyl (C=O) groups excluding carboxylic acids is 1. The van der Waals surface area contributed by atoms with Gasteiger partial charge < -0.3 is 11.1 Å². The van der Waals surface area contributed by atoms with E-state index in [4.69, 9.17) is 5.73 Å². The molecule has 0 aliphatic carbocycles. The van der Waals surface area contributed by atoms with Gasteiger partial charge in [-0.25, -0.2) is 0 Å². The first-order valence-corrected chi connectivity index (χ1v) is 7.21. The number of nitrogen functional groups attached to an aromatic ring is 1. The number of nitrogens with one attached hydrogen (secondary N) is 1. The third-order valence-electron chi connectivity index (χ3n) is 2.23. The Hall–Kier alpha value is -0.880. The summed E-state index contributed by atoms with van der Waals surface area (Å²) < 4.78 is 13.0. The lowest BCUT2D eigenvalue weighted by molar-refractivity contribution is -0.120. The molecule has 1 rings (SSSR count). The summed E-state index contributed by atoms with van der Waals surface area (Å²) in [6, 6.07) is 5.12. The molecule has 0 saturated carbocycles. The van der Waals surface area contributed by atoms with Gasteiger partial charge in [0.25, 0.3) is 0 Å². The molecule has 0 saturated heterocycles. The topological polar surface area (TPSA) is 72.2 Å². The number of anilines is 1. The summed E-state index contributed by atoms with van der Waals surface area (Å²) in [5, 5.41) is 2.03. The van der Waals surface area contributed by atoms with Crippen molar-refractivity contribution >= 4 is 38.3 Å². The second-order valence-electron chi connectivity index (χ2n) is 3.52. The summed E-state index contributed by atoms with van der Waals surface area (Å²) in [4.78, 5) is 12.1. The van der Waals surface area contributed by atoms with Crippen LogP contribution in [0, 0.1) is 0 Å². The highest BCUT2D eigenvalue weighted by Crippen LogP contribution is 2.23. The van der Waals surface area contributed by atoms with Crippen LogP contribution in [-0.2, 0) is 15.6 Å². The van der Waals surface area contributed by atoms with Gasteiger partial charge in [-0.05, 0) is 32.0 Å². The molecule has 0 aliphatic rings. The maximum Gasteiger partial charge on any atom is 0.235 e. The summed E-state index contributed by atoms with van der Waals surface area (Å²) in [6.07, 6.45) is 0. The predicted octanol–water partition coefficient (Wildman–Crippen LogP) is 1.66. The van der Waals surface area contributed by atoms with Gasteiger partial charge in [-0.2, -0.15) is 0 Å². The van der Waals surface area contributed by atoms with Gasteiger partial charge in [-0.3, -0.25) is 9.00 Å². The first-order chi connectivity index (χ1) is 7.97. The summed E-state index contributed by atoms with van der Waals surface area (Å²) in [7, 11) is -1.45. The van der Waals surface area contributed by atoms with E-state index in [0.29, 0.717) is 17.1 Å². The zero-order chi connectivity index (χ0) is 13.0. The number of halogens is 1. The normalized spacial score (nSPS) is 14.1. The van der Waals surface area contributed by atoms with Gasteiger partial charge in [-0.15, -0.1) is 0 Å². The Bertz CT molecular complexity index is 451. The molecule has 94 valence electrons. The minimum atomic E-state index is -1.45. The van der Waals surface area contributed by atoms with Gasteiger partial charge in [-0.1, -0.05) is 15.9 Å². The Balaban J connectivity index is 2.96. The minimum absolute atomic E-state index is 0.231. The molecule has 6 heteroatoms. The maximum absolute atomic E-state index is 12.2. The van der Waals surface area contributed by atoms with E-state index in [1.165, 1.54) is 0 Å². The zero-order valence-electron chi connectivity index (χ0n) is 9.70. The van der Waals surface area contributed by atoms with Gasteiger partial charge in [0, 0.05) is 16.7 Å². The Morgan fingerprint density at radius 1 is 1.59 bits per heavy atom. The standard InChI is InChI=1S/C11H15BrN2O2S/c1-3-14-11(15)7(2)17(16)10-6-8(12)4-5-9(10)13/h4-7H,3,13H2,1-2H3,(H,14,15). The summed E-state index contributed by atoms with van der Waals surface area (Å²) >= 11 is 3.29. The van der Waals surface area contributed by atoms with E-state index in [1.54, 1.807) is 25.1 Å². The number of rotatable bonds is 4. The molecule has 0 fully saturated rings. The van der Waals surface area contributed by atoms with E-state index in [0.717, 1.165) is 4.47 Å². The summed E-state index contributed by atoms with van der Waals surface area (Å²) in [5.74, 6) is -0.231. The van der Waals surface area contributed by atoms with Crippen LogP contribution in [0.25, 0.3) is 0 Å². The van der Waals surface area contributed by atoms with Crippen LogP contribution in [0.2, 0.25) is 0 Å². The molecule has 17 heavy (non-hydrogen) atoms. The fourth-order valence-electron chi connectivity index (χ4n) is 1.29. The van der Waals surface area contributed by atoms with Crippen molar-refractivity contribution in [3.8, 4) is 0 Å². The Kier molecular flexibility index (Phi) is 5.14. The van der Waals surface area contributed by atoms with Gasteiger partial charge >= 0.3 is 0 Å². The van der Waals surface area contributed by atoms with Crippen molar-refractivity contribution in [1.29, 1.82) is 0 Å². The smallest absolute Gasteiger partial charge is 0.235 e. The highest BCUT2D eigenvalue weighted by Gasteiger charge is 2.22. The highest BCUT2D eigenvalue weighted by molar-refractivity contribution is 9.10. The van der Waals surface area contributed by atoms with Crippen LogP contribution in [-0.4, -0.2) is 21.9 Å². The first-order valence-electron chi connectivity index (χ1n) is 5.20. The van der Waals surface area contributed by atoms with Gasteiger partial charge in [0.2, 0.25) is 5.91 Å². The molecule has 1 amide bonds. The van der Waals surface area contributed by atoms with Crippen molar-refractivity contribution in [2.45, 2.75) is 24.0 Å². The maximum atomic E-state index is 12.2. The van der Waals surface area contributed by atoms with E-state index in [1.807, 2.05) is 6.92 Å². The van der Waals surface area contributed by atoms with Crippen LogP contribution in [0.5, 0.6) is 0 Å². The lowest BCUT2D eigenvalue weighted by Gasteiger charge is -2.12. The van der Waals surface area contributed by atoms with Crippen LogP contribution >= 0.6 is 15.9 Å². The molecule has 4 nitrogen and oxygen atoms in total. The zero-order valence-corrected chi connectivity index (χ0v) is 12.1. The number of nitrogens with two attached hydrogens (primary N) is 1.